The third kappa shape index (κ3) is 3.36. The van der Waals surface area contributed by atoms with Crippen LogP contribution in [0.3, 0.4) is 0 Å². The zero-order valence-electron chi connectivity index (χ0n) is 8.79. The van der Waals surface area contributed by atoms with Gasteiger partial charge in [0.05, 0.1) is 12.5 Å². The van der Waals surface area contributed by atoms with Crippen molar-refractivity contribution in [2.75, 3.05) is 13.1 Å². The highest BCUT2D eigenvalue weighted by Crippen LogP contribution is 2.20. The van der Waals surface area contributed by atoms with Gasteiger partial charge < -0.3 is 0 Å². The molecular formula is C11H20N2. The van der Waals surface area contributed by atoms with E-state index >= 15 is 0 Å². The Morgan fingerprint density at radius 3 is 2.85 bits per heavy atom. The zero-order valence-corrected chi connectivity index (χ0v) is 8.79. The van der Waals surface area contributed by atoms with E-state index in [0.717, 1.165) is 12.5 Å². The second-order valence-electron chi connectivity index (χ2n) is 4.40. The average Bonchev–Trinajstić information content (AvgIpc) is 2.08. The van der Waals surface area contributed by atoms with Gasteiger partial charge >= 0.3 is 0 Å². The quantitative estimate of drug-likeness (QED) is 0.667. The Bertz CT molecular complexity index is 181. The Labute approximate surface area is 81.5 Å². The second-order valence-corrected chi connectivity index (χ2v) is 4.40. The van der Waals surface area contributed by atoms with Crippen LogP contribution in [0.4, 0.5) is 0 Å². The third-order valence-corrected chi connectivity index (χ3v) is 2.68. The van der Waals surface area contributed by atoms with E-state index in [2.05, 4.69) is 24.8 Å². The Morgan fingerprint density at radius 1 is 1.46 bits per heavy atom. The molecule has 1 fully saturated rings. The van der Waals surface area contributed by atoms with Gasteiger partial charge in [-0.1, -0.05) is 20.3 Å². The molecule has 0 aromatic carbocycles. The first-order valence-electron chi connectivity index (χ1n) is 5.35. The molecular weight excluding hydrogens is 160 g/mol. The van der Waals surface area contributed by atoms with Crippen molar-refractivity contribution in [1.82, 2.24) is 4.90 Å². The molecule has 1 rings (SSSR count). The largest absolute Gasteiger partial charge is 0.299 e. The lowest BCUT2D eigenvalue weighted by molar-refractivity contribution is 0.134. The predicted octanol–water partition coefficient (Wildman–Crippen LogP) is 2.41. The summed E-state index contributed by atoms with van der Waals surface area (Å²) in [6.45, 7) is 6.85. The molecule has 0 aromatic heterocycles. The van der Waals surface area contributed by atoms with Crippen molar-refractivity contribution in [1.29, 1.82) is 5.26 Å². The summed E-state index contributed by atoms with van der Waals surface area (Å²) >= 11 is 0. The number of piperidine rings is 1. The molecule has 1 unspecified atom stereocenters. The maximum Gasteiger partial charge on any atom is 0.0638 e. The van der Waals surface area contributed by atoms with E-state index in [4.69, 9.17) is 5.26 Å². The van der Waals surface area contributed by atoms with Crippen molar-refractivity contribution in [3.05, 3.63) is 0 Å². The van der Waals surface area contributed by atoms with E-state index in [9.17, 15) is 0 Å². The van der Waals surface area contributed by atoms with Gasteiger partial charge in [0, 0.05) is 12.6 Å². The molecule has 0 amide bonds. The van der Waals surface area contributed by atoms with Gasteiger partial charge in [0.1, 0.15) is 0 Å². The van der Waals surface area contributed by atoms with Gasteiger partial charge in [-0.25, -0.2) is 0 Å². The topological polar surface area (TPSA) is 27.0 Å². The van der Waals surface area contributed by atoms with Crippen molar-refractivity contribution in [3.8, 4) is 6.07 Å². The average molecular weight is 180 g/mol. The van der Waals surface area contributed by atoms with Crippen molar-refractivity contribution >= 4 is 0 Å². The molecule has 2 heteroatoms. The fraction of sp³-hybridized carbons (Fsp3) is 0.909. The minimum absolute atomic E-state index is 0.543. The summed E-state index contributed by atoms with van der Waals surface area (Å²) in [5.41, 5.74) is 0. The van der Waals surface area contributed by atoms with Crippen LogP contribution in [-0.4, -0.2) is 24.0 Å². The summed E-state index contributed by atoms with van der Waals surface area (Å²) in [6.07, 6.45) is 4.56. The van der Waals surface area contributed by atoms with Crippen LogP contribution >= 0.6 is 0 Å². The molecule has 1 aliphatic heterocycles. The number of nitrogens with zero attached hydrogens (tertiary/aromatic N) is 2. The molecule has 74 valence electrons. The summed E-state index contributed by atoms with van der Waals surface area (Å²) in [6, 6.07) is 2.84. The van der Waals surface area contributed by atoms with Crippen LogP contribution in [-0.2, 0) is 0 Å². The molecule has 0 radical (unpaired) electrons. The molecule has 13 heavy (non-hydrogen) atoms. The number of hydrogen-bond acceptors (Lipinski definition) is 2. The maximum atomic E-state index is 8.69. The fourth-order valence-electron chi connectivity index (χ4n) is 2.11. The van der Waals surface area contributed by atoms with Crippen molar-refractivity contribution in [3.63, 3.8) is 0 Å². The number of rotatable bonds is 3. The van der Waals surface area contributed by atoms with Crippen molar-refractivity contribution < 1.29 is 0 Å². The van der Waals surface area contributed by atoms with Crippen LogP contribution in [0.5, 0.6) is 0 Å². The molecule has 0 aliphatic carbocycles. The molecule has 1 atom stereocenters. The maximum absolute atomic E-state index is 8.69. The number of likely N-dealkylation sites (tertiary alicyclic amines) is 1. The van der Waals surface area contributed by atoms with Crippen molar-refractivity contribution in [2.45, 2.75) is 45.6 Å². The molecule has 0 N–H and O–H groups in total. The first-order chi connectivity index (χ1) is 6.24. The molecule has 2 nitrogen and oxygen atoms in total. The van der Waals surface area contributed by atoms with Crippen LogP contribution in [0, 0.1) is 17.2 Å². The SMILES string of the molecule is CC(C)CN1CCCCC1CC#N. The summed E-state index contributed by atoms with van der Waals surface area (Å²) in [5.74, 6) is 0.722. The van der Waals surface area contributed by atoms with E-state index in [-0.39, 0.29) is 0 Å². The van der Waals surface area contributed by atoms with Crippen LogP contribution in [0.15, 0.2) is 0 Å². The van der Waals surface area contributed by atoms with Gasteiger partial charge in [0.2, 0.25) is 0 Å². The van der Waals surface area contributed by atoms with E-state index in [1.165, 1.54) is 25.8 Å². The van der Waals surface area contributed by atoms with Gasteiger partial charge in [0.25, 0.3) is 0 Å². The molecule has 0 bridgehead atoms. The predicted molar refractivity (Wildman–Crippen MR) is 54.3 cm³/mol. The minimum Gasteiger partial charge on any atom is -0.299 e. The van der Waals surface area contributed by atoms with Gasteiger partial charge in [0.15, 0.2) is 0 Å². The molecule has 0 aromatic rings. The first kappa shape index (κ1) is 10.5. The van der Waals surface area contributed by atoms with Gasteiger partial charge in [-0.15, -0.1) is 0 Å². The Kier molecular flexibility index (Phi) is 4.24. The van der Waals surface area contributed by atoms with E-state index in [1.54, 1.807) is 0 Å². The Morgan fingerprint density at radius 2 is 2.23 bits per heavy atom. The fourth-order valence-corrected chi connectivity index (χ4v) is 2.11. The number of hydrogen-bond donors (Lipinski definition) is 0. The highest BCUT2D eigenvalue weighted by Gasteiger charge is 2.22. The normalized spacial score (nSPS) is 24.6. The molecule has 1 saturated heterocycles. The highest BCUT2D eigenvalue weighted by molar-refractivity contribution is 4.85. The lowest BCUT2D eigenvalue weighted by atomic mass is 9.98. The van der Waals surface area contributed by atoms with E-state index in [1.807, 2.05) is 0 Å². The molecule has 0 saturated carbocycles. The molecule has 1 aliphatic rings. The monoisotopic (exact) mass is 180 g/mol. The second kappa shape index (κ2) is 5.24. The highest BCUT2D eigenvalue weighted by atomic mass is 15.2. The van der Waals surface area contributed by atoms with E-state index in [0.29, 0.717) is 12.5 Å². The Hall–Kier alpha value is -0.550. The van der Waals surface area contributed by atoms with Crippen LogP contribution in [0.1, 0.15) is 39.5 Å². The van der Waals surface area contributed by atoms with Crippen LogP contribution in [0.25, 0.3) is 0 Å². The van der Waals surface area contributed by atoms with Gasteiger partial charge in [-0.2, -0.15) is 5.26 Å². The van der Waals surface area contributed by atoms with Gasteiger partial charge in [-0.05, 0) is 25.3 Å². The van der Waals surface area contributed by atoms with Crippen LogP contribution < -0.4 is 0 Å². The first-order valence-corrected chi connectivity index (χ1v) is 5.35. The lowest BCUT2D eigenvalue weighted by Gasteiger charge is -2.35. The molecule has 0 spiro atoms. The Balaban J connectivity index is 2.42. The standard InChI is InChI=1S/C11H20N2/c1-10(2)9-13-8-4-3-5-11(13)6-7-12/h10-11H,3-6,8-9H2,1-2H3. The third-order valence-electron chi connectivity index (χ3n) is 2.68. The molecule has 1 heterocycles. The summed E-state index contributed by atoms with van der Waals surface area (Å²) in [4.78, 5) is 2.50. The number of nitriles is 1. The zero-order chi connectivity index (χ0) is 9.68. The smallest absolute Gasteiger partial charge is 0.0638 e. The summed E-state index contributed by atoms with van der Waals surface area (Å²) in [7, 11) is 0. The summed E-state index contributed by atoms with van der Waals surface area (Å²) < 4.78 is 0. The minimum atomic E-state index is 0.543. The van der Waals surface area contributed by atoms with Crippen LogP contribution in [0.2, 0.25) is 0 Å². The van der Waals surface area contributed by atoms with Gasteiger partial charge in [-0.3, -0.25) is 4.90 Å². The van der Waals surface area contributed by atoms with E-state index < -0.39 is 0 Å². The van der Waals surface area contributed by atoms with Crippen molar-refractivity contribution in [2.24, 2.45) is 5.92 Å². The summed E-state index contributed by atoms with van der Waals surface area (Å²) in [5, 5.41) is 8.69. The lowest BCUT2D eigenvalue weighted by Crippen LogP contribution is -2.41.